The minimum absolute atomic E-state index is 0. The molecule has 0 saturated carbocycles. The second-order valence-electron chi connectivity index (χ2n) is 9.38. The first-order valence-electron chi connectivity index (χ1n) is 12.3. The van der Waals surface area contributed by atoms with Crippen LogP contribution in [0.3, 0.4) is 0 Å². The van der Waals surface area contributed by atoms with Gasteiger partial charge >= 0.3 is 5.97 Å². The number of hydrogen-bond donors (Lipinski definition) is 3. The van der Waals surface area contributed by atoms with Gasteiger partial charge in [-0.1, -0.05) is 65.7 Å². The van der Waals surface area contributed by atoms with Crippen molar-refractivity contribution < 1.29 is 24.9 Å². The van der Waals surface area contributed by atoms with Crippen LogP contribution in [0.2, 0.25) is 10.0 Å². The third kappa shape index (κ3) is 7.72. The average molecular weight is 572 g/mol. The number of carboxylic acids is 1. The third-order valence-electron chi connectivity index (χ3n) is 6.74. The summed E-state index contributed by atoms with van der Waals surface area (Å²) < 4.78 is 6.04. The van der Waals surface area contributed by atoms with E-state index in [1.54, 1.807) is 17.0 Å². The molecule has 3 aromatic rings. The van der Waals surface area contributed by atoms with Crippen molar-refractivity contribution in [2.75, 3.05) is 13.2 Å². The molecule has 4 rings (SSSR count). The topological polar surface area (TPSA) is 148 Å². The fourth-order valence-corrected chi connectivity index (χ4v) is 5.25. The molecule has 0 unspecified atom stereocenters. The molecule has 1 saturated heterocycles. The monoisotopic (exact) mass is 571 g/mol. The number of ether oxygens (including phenoxy) is 1. The van der Waals surface area contributed by atoms with Crippen molar-refractivity contribution in [3.63, 3.8) is 0 Å². The lowest BCUT2D eigenvalue weighted by atomic mass is 10.0. The number of amides is 1. The molecule has 206 valence electrons. The van der Waals surface area contributed by atoms with Gasteiger partial charge in [-0.05, 0) is 60.2 Å². The first-order chi connectivity index (χ1) is 18.2. The number of rotatable bonds is 11. The molecular formula is C29H31Cl2N3O5. The Morgan fingerprint density at radius 2 is 1.69 bits per heavy atom. The number of hydrogen-bond acceptors (Lipinski definition) is 4. The molecule has 0 bridgehead atoms. The number of aliphatic carboxylic acids is 1. The van der Waals surface area contributed by atoms with E-state index in [9.17, 15) is 14.7 Å². The van der Waals surface area contributed by atoms with Crippen molar-refractivity contribution in [1.29, 1.82) is 5.41 Å². The molecule has 0 radical (unpaired) electrons. The molecule has 1 heterocycles. The predicted molar refractivity (Wildman–Crippen MR) is 153 cm³/mol. The van der Waals surface area contributed by atoms with Gasteiger partial charge < -0.3 is 26.0 Å². The second-order valence-corrected chi connectivity index (χ2v) is 10.2. The summed E-state index contributed by atoms with van der Waals surface area (Å²) >= 11 is 12.3. The fraction of sp³-hybridized carbons (Fsp3) is 0.276. The number of nitrogens with zero attached hydrogens (tertiary/aromatic N) is 1. The Morgan fingerprint density at radius 1 is 1.05 bits per heavy atom. The van der Waals surface area contributed by atoms with Gasteiger partial charge in [0.25, 0.3) is 0 Å². The number of benzene rings is 3. The van der Waals surface area contributed by atoms with Gasteiger partial charge in [-0.2, -0.15) is 0 Å². The van der Waals surface area contributed by atoms with E-state index in [0.29, 0.717) is 47.2 Å². The van der Waals surface area contributed by atoms with Crippen molar-refractivity contribution in [3.05, 3.63) is 87.9 Å². The highest BCUT2D eigenvalue weighted by molar-refractivity contribution is 6.35. The van der Waals surface area contributed by atoms with Crippen LogP contribution >= 0.6 is 23.2 Å². The van der Waals surface area contributed by atoms with Crippen molar-refractivity contribution in [1.82, 2.24) is 4.90 Å². The van der Waals surface area contributed by atoms with Crippen LogP contribution in [-0.2, 0) is 16.0 Å². The molecule has 1 aliphatic heterocycles. The molecule has 6 N–H and O–H groups in total. The van der Waals surface area contributed by atoms with E-state index in [1.807, 2.05) is 54.6 Å². The van der Waals surface area contributed by atoms with Gasteiger partial charge in [-0.15, -0.1) is 0 Å². The largest absolute Gasteiger partial charge is 0.491 e. The van der Waals surface area contributed by atoms with E-state index in [2.05, 4.69) is 0 Å². The van der Waals surface area contributed by atoms with E-state index in [4.69, 9.17) is 39.1 Å². The molecule has 0 spiro atoms. The minimum atomic E-state index is -0.982. The van der Waals surface area contributed by atoms with Crippen molar-refractivity contribution in [2.45, 2.75) is 31.7 Å². The average Bonchev–Trinajstić information content (AvgIpc) is 3.18. The molecule has 1 amide bonds. The van der Waals surface area contributed by atoms with E-state index < -0.39 is 11.9 Å². The lowest BCUT2D eigenvalue weighted by Gasteiger charge is -2.25. The third-order valence-corrected chi connectivity index (χ3v) is 7.32. The zero-order chi connectivity index (χ0) is 27.2. The van der Waals surface area contributed by atoms with Crippen LogP contribution in [0.5, 0.6) is 5.75 Å². The SMILES string of the molecule is N=C(N)c1ccc(-c2ccc(OC[C@@H]3C[C@@H](CC(=O)O)C(=O)N3CCCc3ccc(Cl)cc3Cl)cc2)cc1.O. The highest BCUT2D eigenvalue weighted by Gasteiger charge is 2.40. The number of carboxylic acid groups (broad SMARTS) is 1. The number of aryl methyl sites for hydroxylation is 1. The molecule has 1 aliphatic rings. The Balaban J connectivity index is 0.00000420. The maximum absolute atomic E-state index is 13.0. The summed E-state index contributed by atoms with van der Waals surface area (Å²) in [5.74, 6) is -0.992. The fourth-order valence-electron chi connectivity index (χ4n) is 4.75. The Morgan fingerprint density at radius 3 is 2.28 bits per heavy atom. The van der Waals surface area contributed by atoms with Crippen LogP contribution in [0.4, 0.5) is 0 Å². The number of nitrogen functional groups attached to an aromatic ring is 1. The second kappa shape index (κ2) is 13.5. The van der Waals surface area contributed by atoms with Crippen LogP contribution in [-0.4, -0.2) is 52.4 Å². The molecule has 3 aromatic carbocycles. The lowest BCUT2D eigenvalue weighted by Crippen LogP contribution is -2.38. The number of carbonyl (C=O) groups is 2. The number of halogens is 2. The highest BCUT2D eigenvalue weighted by atomic mass is 35.5. The van der Waals surface area contributed by atoms with Gasteiger partial charge in [-0.25, -0.2) is 0 Å². The quantitative estimate of drug-likeness (QED) is 0.223. The summed E-state index contributed by atoms with van der Waals surface area (Å²) in [6.07, 6.45) is 1.60. The summed E-state index contributed by atoms with van der Waals surface area (Å²) in [4.78, 5) is 26.1. The van der Waals surface area contributed by atoms with Crippen molar-refractivity contribution >= 4 is 40.9 Å². The summed E-state index contributed by atoms with van der Waals surface area (Å²) in [6.45, 7) is 0.757. The number of nitrogens with two attached hydrogens (primary N) is 1. The first-order valence-corrected chi connectivity index (χ1v) is 13.1. The summed E-state index contributed by atoms with van der Waals surface area (Å²) in [6, 6.07) is 20.2. The molecule has 2 atom stereocenters. The van der Waals surface area contributed by atoms with E-state index in [-0.39, 0.29) is 36.3 Å². The Kier molecular flexibility index (Phi) is 10.3. The van der Waals surface area contributed by atoms with E-state index in [0.717, 1.165) is 16.7 Å². The minimum Gasteiger partial charge on any atom is -0.491 e. The summed E-state index contributed by atoms with van der Waals surface area (Å²) in [7, 11) is 0. The molecule has 8 nitrogen and oxygen atoms in total. The lowest BCUT2D eigenvalue weighted by molar-refractivity contribution is -0.142. The van der Waals surface area contributed by atoms with Gasteiger partial charge in [0, 0.05) is 22.2 Å². The Labute approximate surface area is 237 Å². The van der Waals surface area contributed by atoms with Gasteiger partial charge in [0.05, 0.1) is 18.4 Å². The molecule has 39 heavy (non-hydrogen) atoms. The number of carbonyl (C=O) groups excluding carboxylic acids is 1. The zero-order valence-corrected chi connectivity index (χ0v) is 22.7. The first kappa shape index (κ1) is 30.0. The standard InChI is InChI=1S/C29H29Cl2N3O4.H2O/c30-23-10-7-20(26(31)16-23)2-1-13-34-24(14-22(29(34)37)15-27(35)36)17-38-25-11-8-19(9-12-25)18-3-5-21(6-4-18)28(32)33;/h3-12,16,22,24H,1-2,13-15,17H2,(H3,32,33)(H,35,36);1H2/t22-,24-;/m0./s1. The number of nitrogens with one attached hydrogen (secondary N) is 1. The molecule has 0 aromatic heterocycles. The van der Waals surface area contributed by atoms with E-state index in [1.165, 1.54) is 0 Å². The maximum atomic E-state index is 13.0. The van der Waals surface area contributed by atoms with Crippen LogP contribution < -0.4 is 10.5 Å². The summed E-state index contributed by atoms with van der Waals surface area (Å²) in [5.41, 5.74) is 9.13. The molecule has 10 heteroatoms. The van der Waals surface area contributed by atoms with Gasteiger partial charge in [-0.3, -0.25) is 15.0 Å². The molecule has 1 fully saturated rings. The van der Waals surface area contributed by atoms with E-state index >= 15 is 0 Å². The number of amidine groups is 1. The number of likely N-dealkylation sites (tertiary alicyclic amines) is 1. The van der Waals surface area contributed by atoms with Gasteiger partial charge in [0.15, 0.2) is 0 Å². The van der Waals surface area contributed by atoms with Crippen molar-refractivity contribution in [3.8, 4) is 16.9 Å². The molecular weight excluding hydrogens is 541 g/mol. The predicted octanol–water partition coefficient (Wildman–Crippen LogP) is 4.82. The van der Waals surface area contributed by atoms with Crippen LogP contribution in [0.15, 0.2) is 66.7 Å². The normalized spacial score (nSPS) is 16.6. The smallest absolute Gasteiger partial charge is 0.304 e. The zero-order valence-electron chi connectivity index (χ0n) is 21.2. The van der Waals surface area contributed by atoms with Crippen molar-refractivity contribution in [2.24, 2.45) is 11.7 Å². The van der Waals surface area contributed by atoms with Crippen LogP contribution in [0.1, 0.15) is 30.4 Å². The van der Waals surface area contributed by atoms with Gasteiger partial charge in [0.2, 0.25) is 5.91 Å². The summed E-state index contributed by atoms with van der Waals surface area (Å²) in [5, 5.41) is 17.9. The molecule has 0 aliphatic carbocycles. The van der Waals surface area contributed by atoms with Crippen LogP contribution in [0, 0.1) is 11.3 Å². The van der Waals surface area contributed by atoms with Crippen LogP contribution in [0.25, 0.3) is 11.1 Å². The highest BCUT2D eigenvalue weighted by Crippen LogP contribution is 2.30. The Hall–Kier alpha value is -3.59. The maximum Gasteiger partial charge on any atom is 0.304 e. The van der Waals surface area contributed by atoms with Gasteiger partial charge in [0.1, 0.15) is 18.2 Å². The Bertz CT molecular complexity index is 1320.